The van der Waals surface area contributed by atoms with Crippen LogP contribution in [-0.2, 0) is 16.1 Å². The summed E-state index contributed by atoms with van der Waals surface area (Å²) < 4.78 is 71.1. The highest BCUT2D eigenvalue weighted by Crippen LogP contribution is 2.42. The molecule has 23 heavy (non-hydrogen) atoms. The molecule has 0 spiro atoms. The molecule has 1 unspecified atom stereocenters. The maximum absolute atomic E-state index is 13.6. The first-order valence-corrected chi connectivity index (χ1v) is 7.06. The maximum atomic E-state index is 13.6. The summed E-state index contributed by atoms with van der Waals surface area (Å²) in [6.07, 6.45) is 0.381. The second kappa shape index (κ2) is 6.45. The molecule has 1 rings (SSSR count). The van der Waals surface area contributed by atoms with Gasteiger partial charge in [0.05, 0.1) is 11.0 Å². The Morgan fingerprint density at radius 1 is 0.870 bits per heavy atom. The van der Waals surface area contributed by atoms with Crippen LogP contribution < -0.4 is 0 Å². The van der Waals surface area contributed by atoms with Crippen LogP contribution in [0.25, 0.3) is 0 Å². The third-order valence-corrected chi connectivity index (χ3v) is 4.46. The summed E-state index contributed by atoms with van der Waals surface area (Å²) in [4.78, 5) is 12.2. The van der Waals surface area contributed by atoms with Gasteiger partial charge in [-0.1, -0.05) is 27.7 Å². The standard InChI is InChI=1S/C16H19F5O2/c1-6-16(5,15(2,3)4)14(22)23-7-8-9(17)11(19)13(21)12(20)10(8)18/h6-7H2,1-5H3. The van der Waals surface area contributed by atoms with Crippen LogP contribution in [0.4, 0.5) is 22.0 Å². The lowest BCUT2D eigenvalue weighted by Gasteiger charge is -2.38. The summed E-state index contributed by atoms with van der Waals surface area (Å²) in [5.74, 6) is -11.1. The first-order chi connectivity index (χ1) is 10.4. The monoisotopic (exact) mass is 338 g/mol. The van der Waals surface area contributed by atoms with E-state index in [4.69, 9.17) is 4.74 Å². The van der Waals surface area contributed by atoms with Crippen LogP contribution in [0.1, 0.15) is 46.6 Å². The SMILES string of the molecule is CCC(C)(C(=O)OCc1c(F)c(F)c(F)c(F)c1F)C(C)(C)C. The summed E-state index contributed by atoms with van der Waals surface area (Å²) in [5.41, 5.74) is -2.66. The summed E-state index contributed by atoms with van der Waals surface area (Å²) >= 11 is 0. The van der Waals surface area contributed by atoms with E-state index in [2.05, 4.69) is 0 Å². The molecule has 0 radical (unpaired) electrons. The average molecular weight is 338 g/mol. The van der Waals surface area contributed by atoms with Crippen LogP contribution in [0.3, 0.4) is 0 Å². The van der Waals surface area contributed by atoms with Crippen molar-refractivity contribution >= 4 is 5.97 Å². The van der Waals surface area contributed by atoms with Crippen LogP contribution in [0.5, 0.6) is 0 Å². The summed E-state index contributed by atoms with van der Waals surface area (Å²) in [6, 6.07) is 0. The fraction of sp³-hybridized carbons (Fsp3) is 0.562. The first-order valence-electron chi connectivity index (χ1n) is 7.06. The fourth-order valence-electron chi connectivity index (χ4n) is 2.05. The molecule has 7 heteroatoms. The van der Waals surface area contributed by atoms with Gasteiger partial charge in [0.15, 0.2) is 23.3 Å². The topological polar surface area (TPSA) is 26.3 Å². The number of benzene rings is 1. The van der Waals surface area contributed by atoms with Crippen LogP contribution in [0.2, 0.25) is 0 Å². The number of ether oxygens (including phenoxy) is 1. The Morgan fingerprint density at radius 2 is 1.26 bits per heavy atom. The number of esters is 1. The molecule has 0 saturated heterocycles. The van der Waals surface area contributed by atoms with Gasteiger partial charge in [-0.2, -0.15) is 0 Å². The molecule has 1 aromatic rings. The molecule has 0 aliphatic carbocycles. The summed E-state index contributed by atoms with van der Waals surface area (Å²) in [5, 5.41) is 0. The van der Waals surface area contributed by atoms with Gasteiger partial charge < -0.3 is 4.74 Å². The molecule has 0 aliphatic heterocycles. The molecule has 0 amide bonds. The Morgan fingerprint density at radius 3 is 1.61 bits per heavy atom. The van der Waals surface area contributed by atoms with Gasteiger partial charge >= 0.3 is 5.97 Å². The Labute approximate surface area is 131 Å². The lowest BCUT2D eigenvalue weighted by Crippen LogP contribution is -2.41. The zero-order valence-corrected chi connectivity index (χ0v) is 13.6. The van der Waals surface area contributed by atoms with E-state index in [9.17, 15) is 26.7 Å². The predicted octanol–water partition coefficient (Wildman–Crippen LogP) is 4.89. The number of halogens is 5. The largest absolute Gasteiger partial charge is 0.460 e. The highest BCUT2D eigenvalue weighted by Gasteiger charge is 2.44. The smallest absolute Gasteiger partial charge is 0.312 e. The Balaban J connectivity index is 3.11. The molecular weight excluding hydrogens is 319 g/mol. The lowest BCUT2D eigenvalue weighted by molar-refractivity contribution is -0.163. The van der Waals surface area contributed by atoms with Gasteiger partial charge in [-0.25, -0.2) is 22.0 Å². The van der Waals surface area contributed by atoms with E-state index in [1.54, 1.807) is 34.6 Å². The van der Waals surface area contributed by atoms with Crippen LogP contribution in [0, 0.1) is 39.9 Å². The van der Waals surface area contributed by atoms with E-state index in [0.29, 0.717) is 6.42 Å². The normalized spacial score (nSPS) is 14.5. The summed E-state index contributed by atoms with van der Waals surface area (Å²) in [6.45, 7) is 7.69. The van der Waals surface area contributed by atoms with Crippen LogP contribution in [0.15, 0.2) is 0 Å². The minimum Gasteiger partial charge on any atom is -0.460 e. The Hall–Kier alpha value is -1.66. The number of rotatable bonds is 4. The van der Waals surface area contributed by atoms with Gasteiger partial charge in [0, 0.05) is 0 Å². The molecule has 2 nitrogen and oxygen atoms in total. The van der Waals surface area contributed by atoms with Crippen molar-refractivity contribution in [3.05, 3.63) is 34.6 Å². The zero-order chi connectivity index (χ0) is 18.2. The van der Waals surface area contributed by atoms with Crippen molar-refractivity contribution in [3.8, 4) is 0 Å². The van der Waals surface area contributed by atoms with Gasteiger partial charge in [0.1, 0.15) is 6.61 Å². The second-order valence-corrected chi connectivity index (χ2v) is 6.56. The second-order valence-electron chi connectivity index (χ2n) is 6.56. The average Bonchev–Trinajstić information content (AvgIpc) is 2.48. The molecule has 0 saturated carbocycles. The molecule has 0 aromatic heterocycles. The van der Waals surface area contributed by atoms with E-state index in [0.717, 1.165) is 0 Å². The summed E-state index contributed by atoms with van der Waals surface area (Å²) in [7, 11) is 0. The molecule has 1 atom stereocenters. The minimum atomic E-state index is -2.25. The van der Waals surface area contributed by atoms with E-state index in [1.165, 1.54) is 0 Å². The van der Waals surface area contributed by atoms with Crippen molar-refractivity contribution in [1.29, 1.82) is 0 Å². The Bertz CT molecular complexity index is 593. The van der Waals surface area contributed by atoms with E-state index in [-0.39, 0.29) is 0 Å². The van der Waals surface area contributed by atoms with Crippen molar-refractivity contribution < 1.29 is 31.5 Å². The first kappa shape index (κ1) is 19.4. The van der Waals surface area contributed by atoms with Gasteiger partial charge in [0.2, 0.25) is 5.82 Å². The number of hydrogen-bond acceptors (Lipinski definition) is 2. The molecule has 0 fully saturated rings. The zero-order valence-electron chi connectivity index (χ0n) is 13.6. The van der Waals surface area contributed by atoms with E-state index < -0.39 is 58.1 Å². The molecule has 0 N–H and O–H groups in total. The van der Waals surface area contributed by atoms with Gasteiger partial charge in [-0.15, -0.1) is 0 Å². The third-order valence-electron chi connectivity index (χ3n) is 4.46. The predicted molar refractivity (Wildman–Crippen MR) is 73.9 cm³/mol. The van der Waals surface area contributed by atoms with E-state index in [1.807, 2.05) is 0 Å². The van der Waals surface area contributed by atoms with Crippen molar-refractivity contribution in [2.75, 3.05) is 0 Å². The third kappa shape index (κ3) is 3.33. The molecule has 0 aliphatic rings. The lowest BCUT2D eigenvalue weighted by atomic mass is 9.66. The number of carbonyl (C=O) groups is 1. The molecule has 130 valence electrons. The highest BCUT2D eigenvalue weighted by molar-refractivity contribution is 5.77. The molecular formula is C16H19F5O2. The van der Waals surface area contributed by atoms with Gasteiger partial charge in [0.25, 0.3) is 0 Å². The van der Waals surface area contributed by atoms with Crippen molar-refractivity contribution in [3.63, 3.8) is 0 Å². The van der Waals surface area contributed by atoms with E-state index >= 15 is 0 Å². The minimum absolute atomic E-state index is 0.381. The van der Waals surface area contributed by atoms with Gasteiger partial charge in [-0.05, 0) is 18.8 Å². The number of carbonyl (C=O) groups excluding carboxylic acids is 1. The fourth-order valence-corrected chi connectivity index (χ4v) is 2.05. The highest BCUT2D eigenvalue weighted by atomic mass is 19.2. The molecule has 0 bridgehead atoms. The van der Waals surface area contributed by atoms with Crippen molar-refractivity contribution in [1.82, 2.24) is 0 Å². The van der Waals surface area contributed by atoms with Crippen LogP contribution in [-0.4, -0.2) is 5.97 Å². The Kier molecular flexibility index (Phi) is 5.44. The van der Waals surface area contributed by atoms with Crippen molar-refractivity contribution in [2.24, 2.45) is 10.8 Å². The van der Waals surface area contributed by atoms with Crippen molar-refractivity contribution in [2.45, 2.75) is 47.6 Å². The van der Waals surface area contributed by atoms with Gasteiger partial charge in [-0.3, -0.25) is 4.79 Å². The molecule has 0 heterocycles. The number of hydrogen-bond donors (Lipinski definition) is 0. The quantitative estimate of drug-likeness (QED) is 0.338. The van der Waals surface area contributed by atoms with Crippen LogP contribution >= 0.6 is 0 Å². The maximum Gasteiger partial charge on any atom is 0.312 e. The molecule has 1 aromatic carbocycles.